The van der Waals surface area contributed by atoms with E-state index in [1.807, 2.05) is 13.8 Å². The summed E-state index contributed by atoms with van der Waals surface area (Å²) in [7, 11) is 0. The maximum absolute atomic E-state index is 11.8. The summed E-state index contributed by atoms with van der Waals surface area (Å²) in [5.41, 5.74) is 7.03. The molecule has 0 fully saturated rings. The van der Waals surface area contributed by atoms with Crippen LogP contribution in [0.15, 0.2) is 12.1 Å². The molecule has 106 valence electrons. The van der Waals surface area contributed by atoms with Crippen molar-refractivity contribution >= 4 is 40.5 Å². The number of nitrogens with zero attached hydrogens (tertiary/aromatic N) is 1. The summed E-state index contributed by atoms with van der Waals surface area (Å²) < 4.78 is 0. The Morgan fingerprint density at radius 1 is 1.26 bits per heavy atom. The number of carbonyl (C=O) groups excluding carboxylic acids is 1. The fourth-order valence-corrected chi connectivity index (χ4v) is 2.09. The standard InChI is InChI=1S/C13H19Cl2N3O/c1-3-18(4-2)13(19)5-6-17-12-8-10(15)9(14)7-11(12)16/h7-8,17H,3-6,16H2,1-2H3. The van der Waals surface area contributed by atoms with Gasteiger partial charge >= 0.3 is 0 Å². The van der Waals surface area contributed by atoms with E-state index in [2.05, 4.69) is 5.32 Å². The zero-order chi connectivity index (χ0) is 14.4. The summed E-state index contributed by atoms with van der Waals surface area (Å²) in [6.07, 6.45) is 0.418. The molecular weight excluding hydrogens is 285 g/mol. The summed E-state index contributed by atoms with van der Waals surface area (Å²) in [6.45, 7) is 5.89. The van der Waals surface area contributed by atoms with Crippen LogP contribution in [0.4, 0.5) is 11.4 Å². The number of halogens is 2. The van der Waals surface area contributed by atoms with Crippen LogP contribution in [0.25, 0.3) is 0 Å². The molecule has 6 heteroatoms. The Morgan fingerprint density at radius 3 is 2.42 bits per heavy atom. The van der Waals surface area contributed by atoms with Crippen molar-refractivity contribution in [3.63, 3.8) is 0 Å². The van der Waals surface area contributed by atoms with E-state index in [9.17, 15) is 4.79 Å². The normalized spacial score (nSPS) is 10.3. The van der Waals surface area contributed by atoms with Crippen LogP contribution in [-0.2, 0) is 4.79 Å². The van der Waals surface area contributed by atoms with Gasteiger partial charge in [0.2, 0.25) is 5.91 Å². The number of amides is 1. The van der Waals surface area contributed by atoms with E-state index in [-0.39, 0.29) is 5.91 Å². The predicted molar refractivity (Wildman–Crippen MR) is 81.9 cm³/mol. The summed E-state index contributed by atoms with van der Waals surface area (Å²) in [4.78, 5) is 13.6. The molecule has 0 aliphatic carbocycles. The van der Waals surface area contributed by atoms with Gasteiger partial charge in [-0.1, -0.05) is 23.2 Å². The number of carbonyl (C=O) groups is 1. The largest absolute Gasteiger partial charge is 0.397 e. The van der Waals surface area contributed by atoms with Crippen LogP contribution in [0.1, 0.15) is 20.3 Å². The van der Waals surface area contributed by atoms with Crippen molar-refractivity contribution < 1.29 is 4.79 Å². The van der Waals surface area contributed by atoms with Gasteiger partial charge in [0.15, 0.2) is 0 Å². The zero-order valence-corrected chi connectivity index (χ0v) is 12.7. The van der Waals surface area contributed by atoms with E-state index in [4.69, 9.17) is 28.9 Å². The Hall–Kier alpha value is -1.13. The van der Waals surface area contributed by atoms with Gasteiger partial charge < -0.3 is 16.0 Å². The molecule has 0 atom stereocenters. The number of benzene rings is 1. The highest BCUT2D eigenvalue weighted by molar-refractivity contribution is 6.42. The molecule has 0 heterocycles. The van der Waals surface area contributed by atoms with Crippen molar-refractivity contribution in [2.45, 2.75) is 20.3 Å². The maximum atomic E-state index is 11.8. The molecule has 0 radical (unpaired) electrons. The molecule has 0 saturated carbocycles. The molecule has 1 aromatic rings. The minimum atomic E-state index is 0.121. The number of nitrogen functional groups attached to an aromatic ring is 1. The maximum Gasteiger partial charge on any atom is 0.224 e. The van der Waals surface area contributed by atoms with Crippen molar-refractivity contribution in [2.24, 2.45) is 0 Å². The van der Waals surface area contributed by atoms with Gasteiger partial charge in [-0.2, -0.15) is 0 Å². The highest BCUT2D eigenvalue weighted by Crippen LogP contribution is 2.30. The molecule has 1 amide bonds. The van der Waals surface area contributed by atoms with E-state index in [1.165, 1.54) is 0 Å². The zero-order valence-electron chi connectivity index (χ0n) is 11.2. The van der Waals surface area contributed by atoms with Crippen LogP contribution in [0, 0.1) is 0 Å². The van der Waals surface area contributed by atoms with E-state index in [0.717, 1.165) is 13.1 Å². The molecule has 0 unspecified atom stereocenters. The Labute approximate surface area is 123 Å². The molecule has 0 aliphatic heterocycles. The average Bonchev–Trinajstić information content (AvgIpc) is 2.37. The lowest BCUT2D eigenvalue weighted by Gasteiger charge is -2.19. The SMILES string of the molecule is CCN(CC)C(=O)CCNc1cc(Cl)c(Cl)cc1N. The van der Waals surface area contributed by atoms with Crippen LogP contribution in [0.3, 0.4) is 0 Å². The second-order valence-corrected chi connectivity index (χ2v) is 4.91. The van der Waals surface area contributed by atoms with E-state index in [1.54, 1.807) is 17.0 Å². The van der Waals surface area contributed by atoms with Crippen molar-refractivity contribution in [3.05, 3.63) is 22.2 Å². The lowest BCUT2D eigenvalue weighted by molar-refractivity contribution is -0.130. The van der Waals surface area contributed by atoms with Crippen LogP contribution in [0.5, 0.6) is 0 Å². The summed E-state index contributed by atoms with van der Waals surface area (Å²) in [5.74, 6) is 0.121. The fourth-order valence-electron chi connectivity index (χ4n) is 1.75. The Bertz CT molecular complexity index is 448. The summed E-state index contributed by atoms with van der Waals surface area (Å²) >= 11 is 11.8. The molecule has 1 rings (SSSR count). The molecule has 0 saturated heterocycles. The lowest BCUT2D eigenvalue weighted by Crippen LogP contribution is -2.31. The average molecular weight is 304 g/mol. The first-order valence-corrected chi connectivity index (χ1v) is 7.01. The monoisotopic (exact) mass is 303 g/mol. The topological polar surface area (TPSA) is 58.4 Å². The van der Waals surface area contributed by atoms with Gasteiger partial charge in [0.05, 0.1) is 21.4 Å². The number of nitrogens with one attached hydrogen (secondary N) is 1. The lowest BCUT2D eigenvalue weighted by atomic mass is 10.2. The van der Waals surface area contributed by atoms with Gasteiger partial charge in [-0.3, -0.25) is 4.79 Å². The molecule has 0 bridgehead atoms. The first-order valence-electron chi connectivity index (χ1n) is 6.25. The second kappa shape index (κ2) is 7.46. The smallest absolute Gasteiger partial charge is 0.224 e. The van der Waals surface area contributed by atoms with Gasteiger partial charge in [-0.15, -0.1) is 0 Å². The fraction of sp³-hybridized carbons (Fsp3) is 0.462. The molecule has 19 heavy (non-hydrogen) atoms. The van der Waals surface area contributed by atoms with Gasteiger partial charge in [0, 0.05) is 26.1 Å². The first-order chi connectivity index (χ1) is 8.99. The quantitative estimate of drug-likeness (QED) is 0.793. The minimum absolute atomic E-state index is 0.121. The predicted octanol–water partition coefficient (Wildman–Crippen LogP) is 3.25. The second-order valence-electron chi connectivity index (χ2n) is 4.10. The van der Waals surface area contributed by atoms with Crippen LogP contribution in [-0.4, -0.2) is 30.4 Å². The molecule has 0 aromatic heterocycles. The van der Waals surface area contributed by atoms with Crippen LogP contribution < -0.4 is 11.1 Å². The molecule has 1 aromatic carbocycles. The highest BCUT2D eigenvalue weighted by atomic mass is 35.5. The van der Waals surface area contributed by atoms with Crippen molar-refractivity contribution in [1.29, 1.82) is 0 Å². The number of hydrogen-bond acceptors (Lipinski definition) is 3. The number of anilines is 2. The third-order valence-corrected chi connectivity index (χ3v) is 3.59. The van der Waals surface area contributed by atoms with E-state index in [0.29, 0.717) is 34.4 Å². The van der Waals surface area contributed by atoms with Crippen LogP contribution >= 0.6 is 23.2 Å². The third-order valence-electron chi connectivity index (χ3n) is 2.86. The van der Waals surface area contributed by atoms with Crippen molar-refractivity contribution in [2.75, 3.05) is 30.7 Å². The molecule has 0 spiro atoms. The molecule has 0 aliphatic rings. The number of rotatable bonds is 6. The molecular formula is C13H19Cl2N3O. The Balaban J connectivity index is 2.54. The Kier molecular flexibility index (Phi) is 6.25. The first kappa shape index (κ1) is 15.9. The minimum Gasteiger partial charge on any atom is -0.397 e. The molecule has 4 nitrogen and oxygen atoms in total. The van der Waals surface area contributed by atoms with Crippen molar-refractivity contribution in [3.8, 4) is 0 Å². The van der Waals surface area contributed by atoms with Gasteiger partial charge in [0.1, 0.15) is 0 Å². The van der Waals surface area contributed by atoms with Crippen LogP contribution in [0.2, 0.25) is 10.0 Å². The number of nitrogens with two attached hydrogens (primary N) is 1. The third kappa shape index (κ3) is 4.48. The number of hydrogen-bond donors (Lipinski definition) is 2. The van der Waals surface area contributed by atoms with E-state index < -0.39 is 0 Å². The van der Waals surface area contributed by atoms with Gasteiger partial charge in [0.25, 0.3) is 0 Å². The Morgan fingerprint density at radius 2 is 1.84 bits per heavy atom. The van der Waals surface area contributed by atoms with Crippen molar-refractivity contribution in [1.82, 2.24) is 4.90 Å². The highest BCUT2D eigenvalue weighted by Gasteiger charge is 2.09. The summed E-state index contributed by atoms with van der Waals surface area (Å²) in [5, 5.41) is 3.96. The van der Waals surface area contributed by atoms with E-state index >= 15 is 0 Å². The van der Waals surface area contributed by atoms with Gasteiger partial charge in [-0.05, 0) is 26.0 Å². The summed E-state index contributed by atoms with van der Waals surface area (Å²) in [6, 6.07) is 3.26. The van der Waals surface area contributed by atoms with Gasteiger partial charge in [-0.25, -0.2) is 0 Å². The molecule has 3 N–H and O–H groups in total.